The highest BCUT2D eigenvalue weighted by Crippen LogP contribution is 2.49. The van der Waals surface area contributed by atoms with Gasteiger partial charge in [0, 0.05) is 43.3 Å². The Morgan fingerprint density at radius 1 is 1.12 bits per heavy atom. The normalized spacial score (nSPS) is 26.7. The van der Waals surface area contributed by atoms with Crippen LogP contribution in [0.15, 0.2) is 42.6 Å². The second-order valence-corrected chi connectivity index (χ2v) is 12.3. The van der Waals surface area contributed by atoms with Gasteiger partial charge in [0.1, 0.15) is 6.04 Å². The molecular weight excluding hydrogens is 551 g/mol. The number of likely N-dealkylation sites (tertiary alicyclic amines) is 1. The number of carbonyl (C=O) groups is 2. The number of carbonyl (C=O) groups excluding carboxylic acids is 1. The van der Waals surface area contributed by atoms with Crippen LogP contribution in [0.25, 0.3) is 0 Å². The lowest BCUT2D eigenvalue weighted by Crippen LogP contribution is -2.49. The van der Waals surface area contributed by atoms with Crippen molar-refractivity contribution in [2.75, 3.05) is 14.2 Å². The van der Waals surface area contributed by atoms with Crippen LogP contribution in [-0.2, 0) is 27.0 Å². The summed E-state index contributed by atoms with van der Waals surface area (Å²) >= 11 is 0. The number of alkyl halides is 3. The fraction of sp³-hybridized carbons (Fsp3) is 0.581. The number of carboxylic acids is 1. The van der Waals surface area contributed by atoms with E-state index in [1.54, 1.807) is 7.11 Å². The van der Waals surface area contributed by atoms with Gasteiger partial charge in [-0.3, -0.25) is 4.79 Å². The van der Waals surface area contributed by atoms with E-state index in [1.807, 2.05) is 51.1 Å². The topological polar surface area (TPSA) is 101 Å². The molecule has 0 unspecified atom stereocenters. The Balaban J connectivity index is 1.81. The van der Waals surface area contributed by atoms with E-state index < -0.39 is 53.1 Å². The second kappa shape index (κ2) is 12.6. The quantitative estimate of drug-likeness (QED) is 0.420. The maximum atomic E-state index is 14.3. The van der Waals surface area contributed by atoms with E-state index in [-0.39, 0.29) is 30.0 Å². The van der Waals surface area contributed by atoms with Gasteiger partial charge in [-0.1, -0.05) is 57.5 Å². The molecule has 4 rings (SSSR count). The number of methoxy groups -OCH3 is 2. The van der Waals surface area contributed by atoms with Crippen molar-refractivity contribution >= 4 is 11.9 Å². The number of benzene rings is 1. The van der Waals surface area contributed by atoms with Crippen LogP contribution in [0, 0.1) is 17.3 Å². The van der Waals surface area contributed by atoms with Crippen molar-refractivity contribution in [3.8, 4) is 5.88 Å². The zero-order chi connectivity index (χ0) is 30.8. The summed E-state index contributed by atoms with van der Waals surface area (Å²) in [4.78, 5) is 32.7. The monoisotopic (exact) mass is 591 g/mol. The first kappa shape index (κ1) is 31.7. The Hall–Kier alpha value is -3.18. The van der Waals surface area contributed by atoms with Crippen molar-refractivity contribution in [1.29, 1.82) is 0 Å². The van der Waals surface area contributed by atoms with Crippen LogP contribution in [-0.4, -0.2) is 59.3 Å². The second-order valence-electron chi connectivity index (χ2n) is 12.3. The summed E-state index contributed by atoms with van der Waals surface area (Å²) < 4.78 is 51.4. The number of nitrogens with one attached hydrogen (secondary N) is 1. The number of carboxylic acid groups (broad SMARTS) is 1. The molecule has 11 heteroatoms. The van der Waals surface area contributed by atoms with Crippen molar-refractivity contribution in [3.63, 3.8) is 0 Å². The Bertz CT molecular complexity index is 1250. The van der Waals surface area contributed by atoms with Crippen molar-refractivity contribution < 1.29 is 37.3 Å². The predicted molar refractivity (Wildman–Crippen MR) is 150 cm³/mol. The molecule has 6 atom stereocenters. The minimum atomic E-state index is -4.60. The van der Waals surface area contributed by atoms with Crippen LogP contribution >= 0.6 is 0 Å². The maximum Gasteiger partial charge on any atom is 0.417 e. The van der Waals surface area contributed by atoms with Crippen LogP contribution in [0.3, 0.4) is 0 Å². The zero-order valence-electron chi connectivity index (χ0n) is 24.6. The Labute approximate surface area is 244 Å². The lowest BCUT2D eigenvalue weighted by Gasteiger charge is -2.36. The lowest BCUT2D eigenvalue weighted by atomic mass is 9.72. The van der Waals surface area contributed by atoms with Gasteiger partial charge in [-0.2, -0.15) is 13.2 Å². The molecule has 1 aromatic heterocycles. The average molecular weight is 592 g/mol. The first-order valence-corrected chi connectivity index (χ1v) is 14.2. The third-order valence-corrected chi connectivity index (χ3v) is 8.60. The molecule has 2 aromatic rings. The van der Waals surface area contributed by atoms with Gasteiger partial charge in [0.2, 0.25) is 11.8 Å². The average Bonchev–Trinajstić information content (AvgIpc) is 3.31. The highest BCUT2D eigenvalue weighted by atomic mass is 19.4. The smallest absolute Gasteiger partial charge is 0.417 e. The van der Waals surface area contributed by atoms with Crippen molar-refractivity contribution in [3.05, 3.63) is 59.3 Å². The minimum absolute atomic E-state index is 0.0348. The van der Waals surface area contributed by atoms with Gasteiger partial charge in [0.25, 0.3) is 0 Å². The molecule has 1 aliphatic carbocycles. The van der Waals surface area contributed by atoms with Gasteiger partial charge in [-0.05, 0) is 36.3 Å². The Kier molecular flexibility index (Phi) is 9.52. The first-order chi connectivity index (χ1) is 19.8. The standard InChI is InChI=1S/C31H40F3N3O5/c1-30(2,3)23-24(35-16-20-14-21(31(32,33)34)17-36-27(20)42-5)25(18-10-7-6-8-11-18)37(26(23)29(39)40)28(38)19-12-9-13-22(15-19)41-4/h6-8,10-11,14,17,19,22-26,35H,9,12-13,15-16H2,1-5H3,(H,39,40)/t19-,22-,23+,24+,25+,26+/m1/s1. The summed E-state index contributed by atoms with van der Waals surface area (Å²) in [5, 5.41) is 14.0. The molecular formula is C31H40F3N3O5. The largest absolute Gasteiger partial charge is 0.481 e. The molecule has 2 N–H and O–H groups in total. The van der Waals surface area contributed by atoms with Gasteiger partial charge in [0.15, 0.2) is 0 Å². The highest BCUT2D eigenvalue weighted by Gasteiger charge is 2.58. The molecule has 1 aliphatic heterocycles. The van der Waals surface area contributed by atoms with Gasteiger partial charge >= 0.3 is 12.1 Å². The number of hydrogen-bond donors (Lipinski definition) is 2. The van der Waals surface area contributed by atoms with Gasteiger partial charge in [-0.15, -0.1) is 0 Å². The lowest BCUT2D eigenvalue weighted by molar-refractivity contribution is -0.155. The summed E-state index contributed by atoms with van der Waals surface area (Å²) in [6, 6.07) is 7.74. The van der Waals surface area contributed by atoms with Gasteiger partial charge in [0.05, 0.1) is 24.8 Å². The molecule has 1 saturated carbocycles. The van der Waals surface area contributed by atoms with Crippen LogP contribution in [0.5, 0.6) is 5.88 Å². The molecule has 1 amide bonds. The molecule has 1 saturated heterocycles. The van der Waals surface area contributed by atoms with Gasteiger partial charge < -0.3 is 24.8 Å². The maximum absolute atomic E-state index is 14.3. The summed E-state index contributed by atoms with van der Waals surface area (Å²) in [5.41, 5.74) is -0.586. The van der Waals surface area contributed by atoms with E-state index in [0.29, 0.717) is 12.8 Å². The van der Waals surface area contributed by atoms with E-state index in [1.165, 1.54) is 12.0 Å². The molecule has 2 heterocycles. The number of halogens is 3. The van der Waals surface area contributed by atoms with Crippen LogP contribution in [0.4, 0.5) is 13.2 Å². The van der Waals surface area contributed by atoms with E-state index in [9.17, 15) is 27.9 Å². The fourth-order valence-corrected chi connectivity index (χ4v) is 6.71. The van der Waals surface area contributed by atoms with Gasteiger partial charge in [-0.25, -0.2) is 9.78 Å². The third-order valence-electron chi connectivity index (χ3n) is 8.60. The predicted octanol–water partition coefficient (Wildman–Crippen LogP) is 5.47. The zero-order valence-corrected chi connectivity index (χ0v) is 24.6. The van der Waals surface area contributed by atoms with E-state index in [0.717, 1.165) is 30.7 Å². The summed E-state index contributed by atoms with van der Waals surface area (Å²) in [5.74, 6) is -2.31. The first-order valence-electron chi connectivity index (χ1n) is 14.2. The number of pyridine rings is 1. The number of amides is 1. The summed E-state index contributed by atoms with van der Waals surface area (Å²) in [6.45, 7) is 5.69. The third kappa shape index (κ3) is 6.57. The molecule has 0 bridgehead atoms. The van der Waals surface area contributed by atoms with Crippen molar-refractivity contribution in [2.24, 2.45) is 17.3 Å². The molecule has 2 aliphatic rings. The van der Waals surface area contributed by atoms with Crippen LogP contribution < -0.4 is 10.1 Å². The van der Waals surface area contributed by atoms with Crippen LogP contribution in [0.1, 0.15) is 69.2 Å². The van der Waals surface area contributed by atoms with Crippen molar-refractivity contribution in [2.45, 2.75) is 83.4 Å². The molecule has 1 aromatic carbocycles. The number of ether oxygens (including phenoxy) is 2. The minimum Gasteiger partial charge on any atom is -0.481 e. The number of rotatable bonds is 8. The highest BCUT2D eigenvalue weighted by molar-refractivity contribution is 5.87. The van der Waals surface area contributed by atoms with E-state index in [2.05, 4.69) is 10.3 Å². The SMILES string of the molecule is COc1ncc(C(F)(F)F)cc1CN[C@H]1[C@H](C(C)(C)C)[C@@H](C(=O)O)N(C(=O)[C@@H]2CCC[C@@H](OC)C2)[C@H]1c1ccccc1. The van der Waals surface area contributed by atoms with Crippen LogP contribution in [0.2, 0.25) is 0 Å². The molecule has 230 valence electrons. The number of hydrogen-bond acceptors (Lipinski definition) is 6. The number of aromatic nitrogens is 1. The Morgan fingerprint density at radius 2 is 1.81 bits per heavy atom. The van der Waals surface area contributed by atoms with E-state index in [4.69, 9.17) is 9.47 Å². The molecule has 0 spiro atoms. The van der Waals surface area contributed by atoms with Crippen molar-refractivity contribution in [1.82, 2.24) is 15.2 Å². The number of aliphatic carboxylic acids is 1. The molecule has 8 nitrogen and oxygen atoms in total. The van der Waals surface area contributed by atoms with E-state index >= 15 is 0 Å². The molecule has 2 fully saturated rings. The number of nitrogens with zero attached hydrogens (tertiary/aromatic N) is 2. The molecule has 42 heavy (non-hydrogen) atoms. The Morgan fingerprint density at radius 3 is 2.38 bits per heavy atom. The fourth-order valence-electron chi connectivity index (χ4n) is 6.71. The molecule has 0 radical (unpaired) electrons. The summed E-state index contributed by atoms with van der Waals surface area (Å²) in [7, 11) is 2.95. The summed E-state index contributed by atoms with van der Waals surface area (Å²) in [6.07, 6.45) is -1.18.